The van der Waals surface area contributed by atoms with Gasteiger partial charge in [0.15, 0.2) is 0 Å². The van der Waals surface area contributed by atoms with E-state index in [9.17, 15) is 19.2 Å². The Balaban J connectivity index is 0.000000136. The van der Waals surface area contributed by atoms with Gasteiger partial charge in [0, 0.05) is 26.2 Å². The number of nitrogens with zero attached hydrogens (tertiary/aromatic N) is 2. The monoisotopic (exact) mass is 386 g/mol. The van der Waals surface area contributed by atoms with Gasteiger partial charge in [0.1, 0.15) is 5.76 Å². The lowest BCUT2D eigenvalue weighted by Gasteiger charge is -2.22. The second-order valence-electron chi connectivity index (χ2n) is 7.16. The highest BCUT2D eigenvalue weighted by molar-refractivity contribution is 6.12. The topological polar surface area (TPSA) is 97.1 Å². The molecule has 0 N–H and O–H groups in total. The van der Waals surface area contributed by atoms with E-state index in [0.717, 1.165) is 10.7 Å². The highest BCUT2D eigenvalue weighted by atomic mass is 16.5. The third-order valence-electron chi connectivity index (χ3n) is 5.24. The summed E-state index contributed by atoms with van der Waals surface area (Å²) in [5.74, 6) is -0.287. The molecule has 1 aromatic rings. The molecule has 5 heterocycles. The van der Waals surface area contributed by atoms with Crippen molar-refractivity contribution in [3.05, 3.63) is 48.5 Å². The molecule has 5 rings (SSSR count). The molecule has 8 heteroatoms. The van der Waals surface area contributed by atoms with Crippen molar-refractivity contribution in [1.29, 1.82) is 0 Å². The standard InChI is InChI=1S/C10H11NO3.C5H5NO2.C5H6O/c1-10-4-3-5(14-10)6-7(10)9(13)11(2)8(6)12;1-6-4(7)2-3-5(6)8;1-5-3-2-4-6-5/h3-7H,1-2H3;2-3H,1H3;2-4H,1H3. The van der Waals surface area contributed by atoms with Crippen molar-refractivity contribution in [2.24, 2.45) is 11.8 Å². The molecule has 2 fully saturated rings. The molecule has 0 spiro atoms. The van der Waals surface area contributed by atoms with Crippen molar-refractivity contribution in [3.8, 4) is 0 Å². The molecule has 4 unspecified atom stereocenters. The van der Waals surface area contributed by atoms with Crippen LogP contribution in [0.5, 0.6) is 0 Å². The second kappa shape index (κ2) is 7.20. The average molecular weight is 386 g/mol. The van der Waals surface area contributed by atoms with Gasteiger partial charge in [-0.05, 0) is 26.0 Å². The number of ether oxygens (including phenoxy) is 1. The molecule has 4 aliphatic heterocycles. The summed E-state index contributed by atoms with van der Waals surface area (Å²) < 4.78 is 10.5. The van der Waals surface area contributed by atoms with Crippen molar-refractivity contribution in [3.63, 3.8) is 0 Å². The predicted molar refractivity (Wildman–Crippen MR) is 97.5 cm³/mol. The molecular weight excluding hydrogens is 364 g/mol. The number of carbonyl (C=O) groups excluding carboxylic acids is 4. The van der Waals surface area contributed by atoms with E-state index in [2.05, 4.69) is 0 Å². The van der Waals surface area contributed by atoms with Gasteiger partial charge in [0.2, 0.25) is 11.8 Å². The van der Waals surface area contributed by atoms with Crippen LogP contribution < -0.4 is 0 Å². The lowest BCUT2D eigenvalue weighted by atomic mass is 9.78. The van der Waals surface area contributed by atoms with Crippen LogP contribution in [0.4, 0.5) is 0 Å². The van der Waals surface area contributed by atoms with Gasteiger partial charge in [0.25, 0.3) is 11.8 Å². The number of fused-ring (bicyclic) bond motifs is 5. The summed E-state index contributed by atoms with van der Waals surface area (Å²) in [6, 6.07) is 3.79. The summed E-state index contributed by atoms with van der Waals surface area (Å²) in [4.78, 5) is 46.6. The third kappa shape index (κ3) is 3.31. The van der Waals surface area contributed by atoms with E-state index in [1.807, 2.05) is 38.1 Å². The van der Waals surface area contributed by atoms with Crippen molar-refractivity contribution in [2.45, 2.75) is 25.6 Å². The molecular formula is C20H22N2O6. The molecule has 4 atom stereocenters. The number of likely N-dealkylation sites (tertiary alicyclic amines) is 1. The molecule has 0 saturated carbocycles. The molecule has 2 bridgehead atoms. The highest BCUT2D eigenvalue weighted by Gasteiger charge is 2.64. The average Bonchev–Trinajstić information content (AvgIpc) is 3.45. The first-order chi connectivity index (χ1) is 13.2. The molecule has 4 aliphatic rings. The first kappa shape index (κ1) is 19.8. The number of likely N-dealkylation sites (N-methyl/N-ethyl adjacent to an activating group) is 1. The summed E-state index contributed by atoms with van der Waals surface area (Å²) in [7, 11) is 3.00. The Bertz CT molecular complexity index is 853. The van der Waals surface area contributed by atoms with Crippen LogP contribution in [0.3, 0.4) is 0 Å². The third-order valence-corrected chi connectivity index (χ3v) is 5.24. The van der Waals surface area contributed by atoms with E-state index >= 15 is 0 Å². The maximum atomic E-state index is 11.8. The molecule has 0 aliphatic carbocycles. The molecule has 8 nitrogen and oxygen atoms in total. The van der Waals surface area contributed by atoms with Gasteiger partial charge in [0.05, 0.1) is 29.8 Å². The fourth-order valence-electron chi connectivity index (χ4n) is 3.63. The number of carbonyl (C=O) groups is 4. The smallest absolute Gasteiger partial charge is 0.253 e. The van der Waals surface area contributed by atoms with Gasteiger partial charge in [-0.3, -0.25) is 29.0 Å². The minimum absolute atomic E-state index is 0.0990. The van der Waals surface area contributed by atoms with Crippen LogP contribution in [-0.4, -0.2) is 59.2 Å². The van der Waals surface area contributed by atoms with Crippen LogP contribution >= 0.6 is 0 Å². The lowest BCUT2D eigenvalue weighted by Crippen LogP contribution is -2.36. The van der Waals surface area contributed by atoms with Gasteiger partial charge < -0.3 is 9.15 Å². The summed E-state index contributed by atoms with van der Waals surface area (Å²) in [5, 5.41) is 0. The summed E-state index contributed by atoms with van der Waals surface area (Å²) in [6.45, 7) is 3.79. The lowest BCUT2D eigenvalue weighted by molar-refractivity contribution is -0.142. The van der Waals surface area contributed by atoms with Gasteiger partial charge in [-0.2, -0.15) is 0 Å². The molecule has 28 heavy (non-hydrogen) atoms. The van der Waals surface area contributed by atoms with Crippen molar-refractivity contribution < 1.29 is 28.3 Å². The molecule has 148 valence electrons. The number of hydrogen-bond donors (Lipinski definition) is 0. The molecule has 0 radical (unpaired) electrons. The Morgan fingerprint density at radius 2 is 1.64 bits per heavy atom. The summed E-state index contributed by atoms with van der Waals surface area (Å²) in [5.41, 5.74) is -0.549. The van der Waals surface area contributed by atoms with Crippen molar-refractivity contribution >= 4 is 23.6 Å². The van der Waals surface area contributed by atoms with Crippen LogP contribution in [0, 0.1) is 18.8 Å². The second-order valence-corrected chi connectivity index (χ2v) is 7.16. The van der Waals surface area contributed by atoms with E-state index in [4.69, 9.17) is 9.15 Å². The first-order valence-corrected chi connectivity index (χ1v) is 8.84. The normalized spacial score (nSPS) is 31.8. The Labute approximate surface area is 162 Å². The number of amides is 4. The maximum absolute atomic E-state index is 11.8. The molecule has 0 aromatic carbocycles. The van der Waals surface area contributed by atoms with Crippen LogP contribution in [0.15, 0.2) is 47.1 Å². The zero-order chi connectivity index (χ0) is 20.6. The molecule has 4 amide bonds. The van der Waals surface area contributed by atoms with E-state index in [-0.39, 0.29) is 41.6 Å². The fourth-order valence-corrected chi connectivity index (χ4v) is 3.63. The molecule has 2 saturated heterocycles. The van der Waals surface area contributed by atoms with E-state index in [1.165, 1.54) is 24.1 Å². The quantitative estimate of drug-likeness (QED) is 0.489. The SMILES string of the molecule is CN1C(=O)C2C3C=CC(C)(O3)C2C1=O.CN1C(=O)C=CC1=O.Cc1ccco1. The maximum Gasteiger partial charge on any atom is 0.253 e. The number of furan rings is 1. The van der Waals surface area contributed by atoms with Crippen molar-refractivity contribution in [1.82, 2.24) is 9.80 Å². The predicted octanol–water partition coefficient (Wildman–Crippen LogP) is 1.07. The van der Waals surface area contributed by atoms with Crippen LogP contribution in [-0.2, 0) is 23.9 Å². The number of aryl methyl sites for hydroxylation is 1. The zero-order valence-electron chi connectivity index (χ0n) is 16.1. The largest absolute Gasteiger partial charge is 0.470 e. The van der Waals surface area contributed by atoms with Gasteiger partial charge in [-0.1, -0.05) is 12.2 Å². The Morgan fingerprint density at radius 3 is 2.04 bits per heavy atom. The first-order valence-electron chi connectivity index (χ1n) is 8.84. The Hall–Kier alpha value is -3.00. The Morgan fingerprint density at radius 1 is 1.00 bits per heavy atom. The highest BCUT2D eigenvalue weighted by Crippen LogP contribution is 2.50. The van der Waals surface area contributed by atoms with E-state index in [0.29, 0.717) is 0 Å². The van der Waals surface area contributed by atoms with Gasteiger partial charge in [-0.25, -0.2) is 0 Å². The summed E-state index contributed by atoms with van der Waals surface area (Å²) in [6.07, 6.45) is 7.78. The fraction of sp³-hybridized carbons (Fsp3) is 0.400. The summed E-state index contributed by atoms with van der Waals surface area (Å²) >= 11 is 0. The van der Waals surface area contributed by atoms with Gasteiger partial charge >= 0.3 is 0 Å². The number of hydrogen-bond acceptors (Lipinski definition) is 6. The number of imide groups is 2. The zero-order valence-corrected chi connectivity index (χ0v) is 16.1. The minimum atomic E-state index is -0.549. The number of rotatable bonds is 0. The van der Waals surface area contributed by atoms with Gasteiger partial charge in [-0.15, -0.1) is 0 Å². The van der Waals surface area contributed by atoms with E-state index in [1.54, 1.807) is 13.3 Å². The van der Waals surface area contributed by atoms with Crippen LogP contribution in [0.25, 0.3) is 0 Å². The van der Waals surface area contributed by atoms with Crippen molar-refractivity contribution in [2.75, 3.05) is 14.1 Å². The van der Waals surface area contributed by atoms with E-state index < -0.39 is 5.60 Å². The Kier molecular flexibility index (Phi) is 5.08. The minimum Gasteiger partial charge on any atom is -0.470 e. The molecule has 1 aromatic heterocycles. The van der Waals surface area contributed by atoms with Crippen LogP contribution in [0.1, 0.15) is 12.7 Å². The van der Waals surface area contributed by atoms with Crippen LogP contribution in [0.2, 0.25) is 0 Å².